The monoisotopic (exact) mass is 210 g/mol. The first-order chi connectivity index (χ1) is 6.60. The summed E-state index contributed by atoms with van der Waals surface area (Å²) < 4.78 is 4.86. The number of nitrogens with zero attached hydrogens (tertiary/aromatic N) is 2. The van der Waals surface area contributed by atoms with Gasteiger partial charge in [-0.1, -0.05) is 0 Å². The minimum Gasteiger partial charge on any atom is -0.495 e. The first kappa shape index (κ1) is 10.3. The Labute approximate surface area is 85.5 Å². The lowest BCUT2D eigenvalue weighted by atomic mass is 10.2. The molecule has 0 unspecified atom stereocenters. The Kier molecular flexibility index (Phi) is 2.94. The van der Waals surface area contributed by atoms with Crippen LogP contribution < -0.4 is 4.74 Å². The average molecular weight is 210 g/mol. The molecule has 0 aliphatic carbocycles. The van der Waals surface area contributed by atoms with Crippen LogP contribution in [-0.4, -0.2) is 12.0 Å². The summed E-state index contributed by atoms with van der Waals surface area (Å²) >= 11 is 3.92. The van der Waals surface area contributed by atoms with Crippen LogP contribution in [0.3, 0.4) is 0 Å². The highest BCUT2D eigenvalue weighted by molar-refractivity contribution is 7.80. The van der Waals surface area contributed by atoms with Crippen LogP contribution in [0.4, 0.5) is 5.69 Å². The average Bonchev–Trinajstić information content (AvgIpc) is 2.16. The summed E-state index contributed by atoms with van der Waals surface area (Å²) in [7, 11) is 1.38. The molecule has 0 atom stereocenters. The first-order valence-electron chi connectivity index (χ1n) is 3.55. The minimum atomic E-state index is -0.595. The number of hydrogen-bond donors (Lipinski definition) is 1. The van der Waals surface area contributed by atoms with Gasteiger partial charge in [-0.25, -0.2) is 0 Å². The first-order valence-corrected chi connectivity index (χ1v) is 4.00. The fraction of sp³-hybridized carbons (Fsp3) is 0.125. The van der Waals surface area contributed by atoms with Gasteiger partial charge >= 0.3 is 0 Å². The third-order valence-corrected chi connectivity index (χ3v) is 1.97. The molecule has 0 radical (unpaired) electrons. The van der Waals surface area contributed by atoms with Crippen molar-refractivity contribution in [2.24, 2.45) is 0 Å². The predicted molar refractivity (Wildman–Crippen MR) is 51.6 cm³/mol. The molecule has 1 aromatic carbocycles. The third-order valence-electron chi connectivity index (χ3n) is 1.61. The summed E-state index contributed by atoms with van der Waals surface area (Å²) in [5, 5.41) is 19.2. The van der Waals surface area contributed by atoms with E-state index >= 15 is 0 Å². The maximum atomic E-state index is 10.5. The molecule has 0 N–H and O–H groups in total. The second-order valence-corrected chi connectivity index (χ2v) is 2.89. The van der Waals surface area contributed by atoms with Gasteiger partial charge in [-0.3, -0.25) is 10.1 Å². The number of methoxy groups -OCH3 is 1. The number of hydrogen-bond acceptors (Lipinski definition) is 5. The van der Waals surface area contributed by atoms with E-state index in [0.29, 0.717) is 0 Å². The number of ether oxygens (including phenoxy) is 1. The highest BCUT2D eigenvalue weighted by atomic mass is 32.1. The molecule has 0 amide bonds. The normalized spacial score (nSPS) is 9.21. The molecule has 0 aliphatic heterocycles. The van der Waals surface area contributed by atoms with Crippen LogP contribution >= 0.6 is 12.6 Å². The summed E-state index contributed by atoms with van der Waals surface area (Å²) in [5.41, 5.74) is -0.0808. The largest absolute Gasteiger partial charge is 0.495 e. The van der Waals surface area contributed by atoms with E-state index in [1.807, 2.05) is 0 Å². The maximum Gasteiger partial charge on any atom is 0.284 e. The van der Waals surface area contributed by atoms with Crippen LogP contribution in [-0.2, 0) is 0 Å². The van der Waals surface area contributed by atoms with E-state index in [4.69, 9.17) is 10.00 Å². The number of nitro groups is 1. The number of benzene rings is 1. The highest BCUT2D eigenvalue weighted by Gasteiger charge is 2.16. The molecule has 0 aromatic heterocycles. The van der Waals surface area contributed by atoms with E-state index in [1.54, 1.807) is 6.07 Å². The summed E-state index contributed by atoms with van der Waals surface area (Å²) in [6, 6.07) is 4.29. The van der Waals surface area contributed by atoms with Crippen molar-refractivity contribution in [2.75, 3.05) is 7.11 Å². The lowest BCUT2D eigenvalue weighted by Gasteiger charge is -2.03. The molecule has 0 aliphatic rings. The van der Waals surface area contributed by atoms with Gasteiger partial charge in [-0.2, -0.15) is 5.26 Å². The Morgan fingerprint density at radius 2 is 2.29 bits per heavy atom. The van der Waals surface area contributed by atoms with E-state index in [2.05, 4.69) is 12.6 Å². The van der Waals surface area contributed by atoms with E-state index < -0.39 is 4.92 Å². The molecule has 5 nitrogen and oxygen atoms in total. The van der Waals surface area contributed by atoms with Crippen molar-refractivity contribution in [1.82, 2.24) is 0 Å². The van der Waals surface area contributed by atoms with Crippen LogP contribution in [0.25, 0.3) is 0 Å². The van der Waals surface area contributed by atoms with Gasteiger partial charge in [0.05, 0.1) is 16.9 Å². The van der Waals surface area contributed by atoms with Gasteiger partial charge in [0.2, 0.25) is 0 Å². The molecular formula is C8H6N2O3S. The van der Waals surface area contributed by atoms with Crippen molar-refractivity contribution in [3.05, 3.63) is 27.8 Å². The van der Waals surface area contributed by atoms with E-state index in [9.17, 15) is 10.1 Å². The lowest BCUT2D eigenvalue weighted by Crippen LogP contribution is -1.94. The summed E-state index contributed by atoms with van der Waals surface area (Å²) in [5.74, 6) is 0.281. The summed E-state index contributed by atoms with van der Waals surface area (Å²) in [6.07, 6.45) is 0. The molecule has 72 valence electrons. The van der Waals surface area contributed by atoms with Gasteiger partial charge in [-0.15, -0.1) is 12.6 Å². The molecule has 0 spiro atoms. The molecule has 0 bridgehead atoms. The van der Waals surface area contributed by atoms with Crippen molar-refractivity contribution >= 4 is 18.3 Å². The van der Waals surface area contributed by atoms with Crippen LogP contribution in [0.1, 0.15) is 5.56 Å². The summed E-state index contributed by atoms with van der Waals surface area (Å²) in [4.78, 5) is 10.1. The second-order valence-electron chi connectivity index (χ2n) is 2.41. The quantitative estimate of drug-likeness (QED) is 0.458. The zero-order valence-electron chi connectivity index (χ0n) is 7.22. The van der Waals surface area contributed by atoms with Crippen molar-refractivity contribution in [3.8, 4) is 11.8 Å². The predicted octanol–water partition coefficient (Wildman–Crippen LogP) is 1.76. The van der Waals surface area contributed by atoms with Gasteiger partial charge in [0.15, 0.2) is 0 Å². The Morgan fingerprint density at radius 3 is 2.71 bits per heavy atom. The molecule has 6 heteroatoms. The smallest absolute Gasteiger partial charge is 0.284 e. The fourth-order valence-electron chi connectivity index (χ4n) is 0.960. The van der Waals surface area contributed by atoms with E-state index in [0.717, 1.165) is 6.07 Å². The van der Waals surface area contributed by atoms with Crippen molar-refractivity contribution in [1.29, 1.82) is 5.26 Å². The topological polar surface area (TPSA) is 76.2 Å². The Hall–Kier alpha value is -1.74. The SMILES string of the molecule is COc1cc(S)c([N+](=O)[O-])cc1C#N. The fourth-order valence-corrected chi connectivity index (χ4v) is 1.22. The van der Waals surface area contributed by atoms with E-state index in [-0.39, 0.29) is 21.9 Å². The zero-order chi connectivity index (χ0) is 10.7. The van der Waals surface area contributed by atoms with Crippen LogP contribution in [0, 0.1) is 21.4 Å². The molecule has 1 rings (SSSR count). The molecule has 0 saturated carbocycles. The maximum absolute atomic E-state index is 10.5. The third kappa shape index (κ3) is 1.78. The lowest BCUT2D eigenvalue weighted by molar-refractivity contribution is -0.387. The zero-order valence-corrected chi connectivity index (χ0v) is 8.12. The number of nitriles is 1. The molecule has 0 fully saturated rings. The molecule has 0 saturated heterocycles. The van der Waals surface area contributed by atoms with Crippen molar-refractivity contribution < 1.29 is 9.66 Å². The molecule has 14 heavy (non-hydrogen) atoms. The van der Waals surface area contributed by atoms with Crippen LogP contribution in [0.15, 0.2) is 17.0 Å². The number of thiol groups is 1. The molecular weight excluding hydrogens is 204 g/mol. The van der Waals surface area contributed by atoms with Gasteiger partial charge < -0.3 is 4.74 Å². The van der Waals surface area contributed by atoms with Gasteiger partial charge in [-0.05, 0) is 0 Å². The standard InChI is InChI=1S/C8H6N2O3S/c1-13-7-3-8(14)6(10(11)12)2-5(7)4-9/h2-3,14H,1H3. The highest BCUT2D eigenvalue weighted by Crippen LogP contribution is 2.30. The van der Waals surface area contributed by atoms with Gasteiger partial charge in [0, 0.05) is 12.1 Å². The molecule has 0 heterocycles. The summed E-state index contributed by atoms with van der Waals surface area (Å²) in [6.45, 7) is 0. The van der Waals surface area contributed by atoms with Gasteiger partial charge in [0.25, 0.3) is 5.69 Å². The molecule has 1 aromatic rings. The Bertz CT molecular complexity index is 425. The van der Waals surface area contributed by atoms with Crippen molar-refractivity contribution in [3.63, 3.8) is 0 Å². The minimum absolute atomic E-state index is 0.122. The number of nitro benzene ring substituents is 1. The van der Waals surface area contributed by atoms with Gasteiger partial charge in [0.1, 0.15) is 17.4 Å². The number of rotatable bonds is 2. The van der Waals surface area contributed by atoms with E-state index in [1.165, 1.54) is 13.2 Å². The van der Waals surface area contributed by atoms with Crippen LogP contribution in [0.2, 0.25) is 0 Å². The Morgan fingerprint density at radius 1 is 1.64 bits per heavy atom. The Balaban J connectivity index is 3.40. The van der Waals surface area contributed by atoms with Crippen molar-refractivity contribution in [2.45, 2.75) is 4.90 Å². The van der Waals surface area contributed by atoms with Crippen LogP contribution in [0.5, 0.6) is 5.75 Å². The second kappa shape index (κ2) is 3.98.